The molecular weight excluding hydrogens is 252 g/mol. The average Bonchev–Trinajstić information content (AvgIpc) is 2.91. The largest absolute Gasteiger partial charge is 0.367 e. The van der Waals surface area contributed by atoms with E-state index in [0.717, 1.165) is 17.8 Å². The second kappa shape index (κ2) is 5.41. The zero-order valence-corrected chi connectivity index (χ0v) is 11.7. The van der Waals surface area contributed by atoms with Crippen LogP contribution in [0.1, 0.15) is 12.5 Å². The number of hydrogen-bond donors (Lipinski definition) is 1. The third-order valence-corrected chi connectivity index (χ3v) is 3.85. The van der Waals surface area contributed by atoms with E-state index in [-0.39, 0.29) is 0 Å². The van der Waals surface area contributed by atoms with Crippen LogP contribution in [-0.4, -0.2) is 11.0 Å². The lowest BCUT2D eigenvalue weighted by atomic mass is 10.1. The number of aromatic nitrogens is 1. The van der Waals surface area contributed by atoms with E-state index in [1.165, 1.54) is 10.9 Å². The Labute approximate surface area is 117 Å². The maximum atomic E-state index is 4.64. The summed E-state index contributed by atoms with van der Waals surface area (Å²) in [5, 5.41) is 8.97. The molecule has 0 spiro atoms. The average molecular weight is 268 g/mol. The Morgan fingerprint density at radius 1 is 1.16 bits per heavy atom. The van der Waals surface area contributed by atoms with Gasteiger partial charge in [-0.25, -0.2) is 4.98 Å². The number of fused-ring (bicyclic) bond motifs is 1. The van der Waals surface area contributed by atoms with Crippen molar-refractivity contribution in [3.05, 3.63) is 58.8 Å². The normalized spacial score (nSPS) is 12.5. The molecule has 1 N–H and O–H groups in total. The summed E-state index contributed by atoms with van der Waals surface area (Å²) in [6.45, 7) is 2.19. The molecule has 0 saturated heterocycles. The maximum absolute atomic E-state index is 4.64. The quantitative estimate of drug-likeness (QED) is 0.761. The smallest absolute Gasteiger partial charge is 0.126 e. The summed E-state index contributed by atoms with van der Waals surface area (Å²) < 4.78 is 0. The molecule has 3 heteroatoms. The molecule has 2 heterocycles. The molecule has 2 aromatic heterocycles. The fraction of sp³-hybridized carbons (Fsp3) is 0.188. The number of benzene rings is 1. The van der Waals surface area contributed by atoms with Crippen molar-refractivity contribution in [2.45, 2.75) is 19.4 Å². The van der Waals surface area contributed by atoms with Gasteiger partial charge in [0.1, 0.15) is 5.82 Å². The summed E-state index contributed by atoms with van der Waals surface area (Å²) in [6.07, 6.45) is 1.03. The van der Waals surface area contributed by atoms with Gasteiger partial charge in [-0.2, -0.15) is 11.3 Å². The van der Waals surface area contributed by atoms with Crippen LogP contribution in [-0.2, 0) is 6.42 Å². The van der Waals surface area contributed by atoms with Crippen LogP contribution in [0.5, 0.6) is 0 Å². The first-order valence-electron chi connectivity index (χ1n) is 6.45. The van der Waals surface area contributed by atoms with Gasteiger partial charge in [-0.15, -0.1) is 0 Å². The van der Waals surface area contributed by atoms with E-state index in [4.69, 9.17) is 0 Å². The van der Waals surface area contributed by atoms with Gasteiger partial charge in [0, 0.05) is 11.4 Å². The predicted octanol–water partition coefficient (Wildman–Crippen LogP) is 4.34. The van der Waals surface area contributed by atoms with Gasteiger partial charge in [-0.05, 0) is 53.9 Å². The first-order valence-corrected chi connectivity index (χ1v) is 7.39. The van der Waals surface area contributed by atoms with Crippen molar-refractivity contribution in [1.82, 2.24) is 4.98 Å². The molecule has 96 valence electrons. The number of para-hydroxylation sites is 1. The van der Waals surface area contributed by atoms with Crippen LogP contribution < -0.4 is 5.32 Å². The van der Waals surface area contributed by atoms with Crippen LogP contribution in [0, 0.1) is 0 Å². The molecule has 0 aliphatic heterocycles. The zero-order valence-electron chi connectivity index (χ0n) is 10.8. The Balaban J connectivity index is 1.73. The molecule has 0 bridgehead atoms. The Morgan fingerprint density at radius 2 is 2.05 bits per heavy atom. The van der Waals surface area contributed by atoms with Gasteiger partial charge < -0.3 is 5.32 Å². The lowest BCUT2D eigenvalue weighted by Crippen LogP contribution is -2.18. The number of rotatable bonds is 4. The second-order valence-corrected chi connectivity index (χ2v) is 5.55. The van der Waals surface area contributed by atoms with Crippen molar-refractivity contribution in [1.29, 1.82) is 0 Å². The fourth-order valence-corrected chi connectivity index (χ4v) is 2.89. The molecule has 0 radical (unpaired) electrons. The highest BCUT2D eigenvalue weighted by Crippen LogP contribution is 2.16. The molecule has 0 aliphatic rings. The molecule has 3 aromatic rings. The monoisotopic (exact) mass is 268 g/mol. The zero-order chi connectivity index (χ0) is 13.1. The molecule has 1 atom stereocenters. The molecule has 19 heavy (non-hydrogen) atoms. The first kappa shape index (κ1) is 12.2. The summed E-state index contributed by atoms with van der Waals surface area (Å²) >= 11 is 1.75. The molecule has 1 aromatic carbocycles. The van der Waals surface area contributed by atoms with E-state index in [9.17, 15) is 0 Å². The van der Waals surface area contributed by atoms with Gasteiger partial charge >= 0.3 is 0 Å². The van der Waals surface area contributed by atoms with E-state index in [0.29, 0.717) is 6.04 Å². The minimum atomic E-state index is 0.378. The number of anilines is 1. The number of hydrogen-bond acceptors (Lipinski definition) is 3. The molecule has 0 fully saturated rings. The van der Waals surface area contributed by atoms with Crippen molar-refractivity contribution >= 4 is 28.1 Å². The molecule has 0 aliphatic carbocycles. The SMILES string of the molecule is CC(Cc1ccsc1)Nc1ccc2ccccc2n1. The van der Waals surface area contributed by atoms with Crippen molar-refractivity contribution in [3.8, 4) is 0 Å². The first-order chi connectivity index (χ1) is 9.31. The van der Waals surface area contributed by atoms with Crippen LogP contribution in [0.2, 0.25) is 0 Å². The van der Waals surface area contributed by atoms with E-state index >= 15 is 0 Å². The van der Waals surface area contributed by atoms with E-state index in [2.05, 4.69) is 46.2 Å². The molecule has 2 nitrogen and oxygen atoms in total. The van der Waals surface area contributed by atoms with Gasteiger partial charge in [0.25, 0.3) is 0 Å². The van der Waals surface area contributed by atoms with Gasteiger partial charge in [-0.3, -0.25) is 0 Å². The topological polar surface area (TPSA) is 24.9 Å². The lowest BCUT2D eigenvalue weighted by Gasteiger charge is -2.14. The Kier molecular flexibility index (Phi) is 3.47. The number of nitrogens with zero attached hydrogens (tertiary/aromatic N) is 1. The van der Waals surface area contributed by atoms with Crippen molar-refractivity contribution < 1.29 is 0 Å². The fourth-order valence-electron chi connectivity index (χ4n) is 2.21. The molecule has 0 amide bonds. The van der Waals surface area contributed by atoms with E-state index in [1.54, 1.807) is 11.3 Å². The predicted molar refractivity (Wildman–Crippen MR) is 82.9 cm³/mol. The second-order valence-electron chi connectivity index (χ2n) is 4.77. The molecule has 3 rings (SSSR count). The van der Waals surface area contributed by atoms with Crippen molar-refractivity contribution in [2.75, 3.05) is 5.32 Å². The van der Waals surface area contributed by atoms with E-state index < -0.39 is 0 Å². The van der Waals surface area contributed by atoms with Gasteiger partial charge in [0.05, 0.1) is 5.52 Å². The number of pyridine rings is 1. The molecule has 1 unspecified atom stereocenters. The number of nitrogens with one attached hydrogen (secondary N) is 1. The summed E-state index contributed by atoms with van der Waals surface area (Å²) in [5.41, 5.74) is 2.42. The van der Waals surface area contributed by atoms with Crippen LogP contribution in [0.3, 0.4) is 0 Å². The highest BCUT2D eigenvalue weighted by atomic mass is 32.1. The van der Waals surface area contributed by atoms with Crippen LogP contribution in [0.4, 0.5) is 5.82 Å². The highest BCUT2D eigenvalue weighted by Gasteiger charge is 2.05. The van der Waals surface area contributed by atoms with Crippen LogP contribution >= 0.6 is 11.3 Å². The summed E-state index contributed by atoms with van der Waals surface area (Å²) in [4.78, 5) is 4.64. The standard InChI is InChI=1S/C16H16N2S/c1-12(10-13-8-9-19-11-13)17-16-7-6-14-4-2-3-5-15(14)18-16/h2-9,11-12H,10H2,1H3,(H,17,18). The number of thiophene rings is 1. The van der Waals surface area contributed by atoms with Gasteiger partial charge in [0.15, 0.2) is 0 Å². The molecular formula is C16H16N2S. The Bertz CT molecular complexity index is 661. The summed E-state index contributed by atoms with van der Waals surface area (Å²) in [6, 6.07) is 14.9. The minimum Gasteiger partial charge on any atom is -0.367 e. The van der Waals surface area contributed by atoms with Crippen molar-refractivity contribution in [2.24, 2.45) is 0 Å². The maximum Gasteiger partial charge on any atom is 0.126 e. The van der Waals surface area contributed by atoms with Crippen LogP contribution in [0.15, 0.2) is 53.2 Å². The lowest BCUT2D eigenvalue weighted by molar-refractivity contribution is 0.788. The Morgan fingerprint density at radius 3 is 2.89 bits per heavy atom. The highest BCUT2D eigenvalue weighted by molar-refractivity contribution is 7.07. The third kappa shape index (κ3) is 2.93. The minimum absolute atomic E-state index is 0.378. The van der Waals surface area contributed by atoms with Gasteiger partial charge in [-0.1, -0.05) is 18.2 Å². The third-order valence-electron chi connectivity index (χ3n) is 3.11. The summed E-state index contributed by atoms with van der Waals surface area (Å²) in [7, 11) is 0. The summed E-state index contributed by atoms with van der Waals surface area (Å²) in [5.74, 6) is 0.946. The van der Waals surface area contributed by atoms with Crippen LogP contribution in [0.25, 0.3) is 10.9 Å². The van der Waals surface area contributed by atoms with Crippen molar-refractivity contribution in [3.63, 3.8) is 0 Å². The molecule has 0 saturated carbocycles. The van der Waals surface area contributed by atoms with Gasteiger partial charge in [0.2, 0.25) is 0 Å². The van der Waals surface area contributed by atoms with E-state index in [1.807, 2.05) is 24.3 Å². The Hall–Kier alpha value is -1.87.